The zero-order chi connectivity index (χ0) is 9.61. The third kappa shape index (κ3) is 7.81. The van der Waals surface area contributed by atoms with Gasteiger partial charge >= 0.3 is 6.18 Å². The molecule has 12 heavy (non-hydrogen) atoms. The van der Waals surface area contributed by atoms with Gasteiger partial charge < -0.3 is 9.84 Å². The van der Waals surface area contributed by atoms with Crippen LogP contribution >= 0.6 is 0 Å². The molecule has 0 aliphatic rings. The predicted molar refractivity (Wildman–Crippen MR) is 37.8 cm³/mol. The normalized spacial score (nSPS) is 14.8. The summed E-state index contributed by atoms with van der Waals surface area (Å²) in [5.41, 5.74) is 0. The highest BCUT2D eigenvalue weighted by molar-refractivity contribution is 4.51. The molecule has 0 fully saturated rings. The summed E-state index contributed by atoms with van der Waals surface area (Å²) in [7, 11) is 0. The van der Waals surface area contributed by atoms with Crippen LogP contribution < -0.4 is 0 Å². The van der Waals surface area contributed by atoms with E-state index in [1.807, 2.05) is 0 Å². The maximum atomic E-state index is 11.5. The van der Waals surface area contributed by atoms with Crippen LogP contribution in [0.3, 0.4) is 0 Å². The van der Waals surface area contributed by atoms with Gasteiger partial charge in [-0.3, -0.25) is 0 Å². The van der Waals surface area contributed by atoms with Gasteiger partial charge in [-0.2, -0.15) is 13.2 Å². The lowest BCUT2D eigenvalue weighted by molar-refractivity contribution is -0.147. The van der Waals surface area contributed by atoms with Gasteiger partial charge in [0.2, 0.25) is 0 Å². The molecule has 0 aliphatic carbocycles. The van der Waals surface area contributed by atoms with E-state index in [1.165, 1.54) is 0 Å². The van der Waals surface area contributed by atoms with Crippen molar-refractivity contribution in [2.75, 3.05) is 13.2 Å². The first-order chi connectivity index (χ1) is 5.45. The quantitative estimate of drug-likeness (QED) is 0.662. The molecule has 0 aliphatic heterocycles. The fourth-order valence-electron chi connectivity index (χ4n) is 0.525. The van der Waals surface area contributed by atoms with Crippen LogP contribution in [0.2, 0.25) is 0 Å². The SMILES string of the molecule is CCC(O)COCCC(F)(F)F. The van der Waals surface area contributed by atoms with Crippen molar-refractivity contribution in [1.82, 2.24) is 0 Å². The minimum atomic E-state index is -4.17. The molecule has 0 saturated heterocycles. The van der Waals surface area contributed by atoms with Crippen molar-refractivity contribution < 1.29 is 23.0 Å². The summed E-state index contributed by atoms with van der Waals surface area (Å²) in [5, 5.41) is 8.88. The first-order valence-corrected chi connectivity index (χ1v) is 3.78. The lowest BCUT2D eigenvalue weighted by Crippen LogP contribution is -2.17. The average Bonchev–Trinajstić information content (AvgIpc) is 1.96. The third-order valence-corrected chi connectivity index (χ3v) is 1.31. The van der Waals surface area contributed by atoms with Crippen molar-refractivity contribution in [3.05, 3.63) is 0 Å². The third-order valence-electron chi connectivity index (χ3n) is 1.31. The molecule has 0 bridgehead atoms. The van der Waals surface area contributed by atoms with Gasteiger partial charge in [0.15, 0.2) is 0 Å². The Morgan fingerprint density at radius 1 is 1.42 bits per heavy atom. The van der Waals surface area contributed by atoms with E-state index in [2.05, 4.69) is 4.74 Å². The number of rotatable bonds is 5. The van der Waals surface area contributed by atoms with Crippen LogP contribution in [-0.4, -0.2) is 30.6 Å². The maximum absolute atomic E-state index is 11.5. The molecule has 74 valence electrons. The van der Waals surface area contributed by atoms with E-state index in [1.54, 1.807) is 6.92 Å². The van der Waals surface area contributed by atoms with Crippen LogP contribution in [0.25, 0.3) is 0 Å². The van der Waals surface area contributed by atoms with Crippen LogP contribution in [0.4, 0.5) is 13.2 Å². The number of halogens is 3. The lowest BCUT2D eigenvalue weighted by Gasteiger charge is -2.09. The average molecular weight is 186 g/mol. The summed E-state index contributed by atoms with van der Waals surface area (Å²) in [6.07, 6.45) is -5.29. The van der Waals surface area contributed by atoms with E-state index < -0.39 is 18.7 Å². The van der Waals surface area contributed by atoms with Crippen molar-refractivity contribution in [1.29, 1.82) is 0 Å². The van der Waals surface area contributed by atoms with Gasteiger partial charge in [0.25, 0.3) is 0 Å². The Kier molecular flexibility index (Phi) is 5.24. The Hall–Kier alpha value is -0.290. The van der Waals surface area contributed by atoms with Crippen LogP contribution in [0.1, 0.15) is 19.8 Å². The van der Waals surface area contributed by atoms with Gasteiger partial charge in [0.05, 0.1) is 25.7 Å². The highest BCUT2D eigenvalue weighted by atomic mass is 19.4. The summed E-state index contributed by atoms with van der Waals surface area (Å²) < 4.78 is 39.2. The van der Waals surface area contributed by atoms with Crippen molar-refractivity contribution in [2.24, 2.45) is 0 Å². The summed E-state index contributed by atoms with van der Waals surface area (Å²) in [5.74, 6) is 0. The van der Waals surface area contributed by atoms with Gasteiger partial charge in [-0.15, -0.1) is 0 Å². The molecule has 0 saturated carbocycles. The number of ether oxygens (including phenoxy) is 1. The van der Waals surface area contributed by atoms with E-state index in [9.17, 15) is 13.2 Å². The smallest absolute Gasteiger partial charge is 0.391 e. The fourth-order valence-corrected chi connectivity index (χ4v) is 0.525. The van der Waals surface area contributed by atoms with Crippen LogP contribution in [0.5, 0.6) is 0 Å². The monoisotopic (exact) mass is 186 g/mol. The van der Waals surface area contributed by atoms with Crippen molar-refractivity contribution in [3.8, 4) is 0 Å². The fraction of sp³-hybridized carbons (Fsp3) is 1.00. The molecule has 2 nitrogen and oxygen atoms in total. The molecule has 0 aromatic rings. The number of hydrogen-bond donors (Lipinski definition) is 1. The van der Waals surface area contributed by atoms with E-state index in [4.69, 9.17) is 5.11 Å². The number of hydrogen-bond acceptors (Lipinski definition) is 2. The summed E-state index contributed by atoms with van der Waals surface area (Å²) in [4.78, 5) is 0. The highest BCUT2D eigenvalue weighted by Gasteiger charge is 2.26. The molecule has 0 heterocycles. The van der Waals surface area contributed by atoms with Gasteiger partial charge in [-0.05, 0) is 6.42 Å². The second-order valence-electron chi connectivity index (χ2n) is 2.50. The maximum Gasteiger partial charge on any atom is 0.391 e. The molecule has 0 aromatic carbocycles. The molecular weight excluding hydrogens is 173 g/mol. The Labute approximate surface area is 69.3 Å². The highest BCUT2D eigenvalue weighted by Crippen LogP contribution is 2.18. The summed E-state index contributed by atoms with van der Waals surface area (Å²) in [6, 6.07) is 0. The Bertz CT molecular complexity index is 114. The van der Waals surface area contributed by atoms with Gasteiger partial charge in [-0.25, -0.2) is 0 Å². The van der Waals surface area contributed by atoms with Crippen molar-refractivity contribution in [3.63, 3.8) is 0 Å². The van der Waals surface area contributed by atoms with Crippen molar-refractivity contribution in [2.45, 2.75) is 32.0 Å². The molecule has 0 aromatic heterocycles. The van der Waals surface area contributed by atoms with E-state index in [0.717, 1.165) is 0 Å². The van der Waals surface area contributed by atoms with Crippen LogP contribution in [0.15, 0.2) is 0 Å². The molecule has 5 heteroatoms. The summed E-state index contributed by atoms with van der Waals surface area (Å²) in [6.45, 7) is 1.34. The van der Waals surface area contributed by atoms with E-state index in [0.29, 0.717) is 6.42 Å². The Morgan fingerprint density at radius 3 is 2.42 bits per heavy atom. The molecule has 1 unspecified atom stereocenters. The molecule has 0 amide bonds. The molecule has 0 rings (SSSR count). The molecular formula is C7H13F3O2. The minimum absolute atomic E-state index is 0.0212. The minimum Gasteiger partial charge on any atom is -0.391 e. The largest absolute Gasteiger partial charge is 0.391 e. The summed E-state index contributed by atoms with van der Waals surface area (Å²) >= 11 is 0. The molecule has 0 radical (unpaired) electrons. The Balaban J connectivity index is 3.22. The van der Waals surface area contributed by atoms with Crippen molar-refractivity contribution >= 4 is 0 Å². The first-order valence-electron chi connectivity index (χ1n) is 3.78. The second-order valence-corrected chi connectivity index (χ2v) is 2.50. The zero-order valence-corrected chi connectivity index (χ0v) is 6.90. The van der Waals surface area contributed by atoms with E-state index in [-0.39, 0.29) is 13.2 Å². The number of alkyl halides is 3. The molecule has 0 spiro atoms. The van der Waals surface area contributed by atoms with Gasteiger partial charge in [-0.1, -0.05) is 6.92 Å². The predicted octanol–water partition coefficient (Wildman–Crippen LogP) is 1.73. The number of aliphatic hydroxyl groups is 1. The zero-order valence-electron chi connectivity index (χ0n) is 6.90. The van der Waals surface area contributed by atoms with Gasteiger partial charge in [0.1, 0.15) is 0 Å². The topological polar surface area (TPSA) is 29.5 Å². The van der Waals surface area contributed by atoms with E-state index >= 15 is 0 Å². The number of aliphatic hydroxyl groups excluding tert-OH is 1. The molecule has 1 atom stereocenters. The van der Waals surface area contributed by atoms with Gasteiger partial charge in [0, 0.05) is 0 Å². The lowest BCUT2D eigenvalue weighted by atomic mass is 10.3. The van der Waals surface area contributed by atoms with Crippen LogP contribution in [-0.2, 0) is 4.74 Å². The first kappa shape index (κ1) is 11.7. The Morgan fingerprint density at radius 2 is 2.00 bits per heavy atom. The standard InChI is InChI=1S/C7H13F3O2/c1-2-6(11)5-12-4-3-7(8,9)10/h6,11H,2-5H2,1H3. The second kappa shape index (κ2) is 5.37. The molecule has 1 N–H and O–H groups in total. The van der Waals surface area contributed by atoms with Crippen LogP contribution in [0, 0.1) is 0 Å².